The minimum absolute atomic E-state index is 0.125. The summed E-state index contributed by atoms with van der Waals surface area (Å²) in [5.74, 6) is -0.607. The first-order valence-electron chi connectivity index (χ1n) is 10.0. The first-order chi connectivity index (χ1) is 14.5. The van der Waals surface area contributed by atoms with Gasteiger partial charge in [-0.2, -0.15) is 0 Å². The van der Waals surface area contributed by atoms with Crippen LogP contribution in [0, 0.1) is 6.92 Å². The van der Waals surface area contributed by atoms with E-state index < -0.39 is 0 Å². The van der Waals surface area contributed by atoms with Crippen LogP contribution in [0.5, 0.6) is 0 Å². The summed E-state index contributed by atoms with van der Waals surface area (Å²) in [7, 11) is 0. The number of rotatable bonds is 8. The summed E-state index contributed by atoms with van der Waals surface area (Å²) < 4.78 is 6.60. The van der Waals surface area contributed by atoms with Gasteiger partial charge in [-0.3, -0.25) is 14.2 Å². The number of unbranched alkanes of at least 4 members (excludes halogenated alkanes) is 1. The van der Waals surface area contributed by atoms with Gasteiger partial charge in [-0.25, -0.2) is 9.78 Å². The molecule has 0 radical (unpaired) electrons. The number of para-hydroxylation sites is 1. The van der Waals surface area contributed by atoms with Gasteiger partial charge in [0, 0.05) is 18.7 Å². The molecule has 0 aliphatic carbocycles. The summed E-state index contributed by atoms with van der Waals surface area (Å²) in [5, 5.41) is 3.31. The molecule has 0 aliphatic rings. The molecule has 3 aromatic rings. The van der Waals surface area contributed by atoms with Crippen molar-refractivity contribution in [3.63, 3.8) is 0 Å². The monoisotopic (exact) mass is 407 g/mol. The van der Waals surface area contributed by atoms with Gasteiger partial charge >= 0.3 is 5.97 Å². The average Bonchev–Trinajstić information content (AvgIpc) is 2.74. The second-order valence-electron chi connectivity index (χ2n) is 7.08. The van der Waals surface area contributed by atoms with Gasteiger partial charge in [0.25, 0.3) is 5.56 Å². The van der Waals surface area contributed by atoms with Crippen LogP contribution in [0.25, 0.3) is 10.9 Å². The first-order valence-corrected chi connectivity index (χ1v) is 10.0. The standard InChI is InChI=1S/C23H25N3O4/c1-3-4-14-30-23(29)17-8-10-18(11-9-17)25-20(27)12-13-26-15-24-21-16(2)6-5-7-19(21)22(26)28/h5-11,15H,3-4,12-14H2,1-2H3,(H,25,27). The van der Waals surface area contributed by atoms with Crippen LogP contribution in [0.15, 0.2) is 53.6 Å². The molecule has 30 heavy (non-hydrogen) atoms. The molecule has 3 rings (SSSR count). The predicted octanol–water partition coefficient (Wildman–Crippen LogP) is 3.69. The van der Waals surface area contributed by atoms with Crippen molar-refractivity contribution >= 4 is 28.5 Å². The van der Waals surface area contributed by atoms with Crippen LogP contribution in [0.1, 0.15) is 42.1 Å². The van der Waals surface area contributed by atoms with E-state index in [0.717, 1.165) is 18.4 Å². The van der Waals surface area contributed by atoms with E-state index in [1.807, 2.05) is 26.0 Å². The highest BCUT2D eigenvalue weighted by Crippen LogP contribution is 2.13. The van der Waals surface area contributed by atoms with E-state index in [4.69, 9.17) is 4.74 Å². The molecule has 0 aliphatic heterocycles. The van der Waals surface area contributed by atoms with Gasteiger partial charge in [0.2, 0.25) is 5.91 Å². The molecule has 0 bridgehead atoms. The summed E-state index contributed by atoms with van der Waals surface area (Å²) in [6, 6.07) is 12.0. The number of esters is 1. The molecular formula is C23H25N3O4. The predicted molar refractivity (Wildman–Crippen MR) is 116 cm³/mol. The fourth-order valence-electron chi connectivity index (χ4n) is 3.02. The molecule has 156 valence electrons. The zero-order valence-electron chi connectivity index (χ0n) is 17.2. The quantitative estimate of drug-likeness (QED) is 0.454. The number of nitrogens with one attached hydrogen (secondary N) is 1. The number of ether oxygens (including phenoxy) is 1. The minimum Gasteiger partial charge on any atom is -0.462 e. The van der Waals surface area contributed by atoms with Crippen molar-refractivity contribution in [1.82, 2.24) is 9.55 Å². The molecule has 1 heterocycles. The number of anilines is 1. The van der Waals surface area contributed by atoms with Crippen molar-refractivity contribution in [2.24, 2.45) is 0 Å². The molecule has 0 fully saturated rings. The Hall–Kier alpha value is -3.48. The summed E-state index contributed by atoms with van der Waals surface area (Å²) in [6.07, 6.45) is 3.39. The van der Waals surface area contributed by atoms with Crippen molar-refractivity contribution < 1.29 is 14.3 Å². The number of hydrogen-bond acceptors (Lipinski definition) is 5. The second-order valence-corrected chi connectivity index (χ2v) is 7.08. The third-order valence-corrected chi connectivity index (χ3v) is 4.77. The van der Waals surface area contributed by atoms with Gasteiger partial charge in [-0.05, 0) is 49.2 Å². The van der Waals surface area contributed by atoms with Crippen LogP contribution in [0.4, 0.5) is 5.69 Å². The number of hydrogen-bond donors (Lipinski definition) is 1. The minimum atomic E-state index is -0.375. The lowest BCUT2D eigenvalue weighted by Gasteiger charge is -2.09. The lowest BCUT2D eigenvalue weighted by molar-refractivity contribution is -0.116. The fraction of sp³-hybridized carbons (Fsp3) is 0.304. The van der Waals surface area contributed by atoms with Gasteiger partial charge in [-0.1, -0.05) is 25.5 Å². The van der Waals surface area contributed by atoms with Gasteiger partial charge in [0.1, 0.15) is 0 Å². The van der Waals surface area contributed by atoms with Gasteiger partial charge in [0.05, 0.1) is 29.4 Å². The van der Waals surface area contributed by atoms with Gasteiger partial charge in [-0.15, -0.1) is 0 Å². The smallest absolute Gasteiger partial charge is 0.338 e. The van der Waals surface area contributed by atoms with Crippen molar-refractivity contribution in [1.29, 1.82) is 0 Å². The summed E-state index contributed by atoms with van der Waals surface area (Å²) in [4.78, 5) is 41.1. The van der Waals surface area contributed by atoms with Gasteiger partial charge < -0.3 is 10.1 Å². The normalized spacial score (nSPS) is 10.7. The third-order valence-electron chi connectivity index (χ3n) is 4.77. The Bertz CT molecular complexity index is 1100. The molecule has 0 unspecified atom stereocenters. The van der Waals surface area contributed by atoms with E-state index in [0.29, 0.717) is 28.8 Å². The van der Waals surface area contributed by atoms with E-state index in [9.17, 15) is 14.4 Å². The Morgan fingerprint density at radius 2 is 1.90 bits per heavy atom. The van der Waals surface area contributed by atoms with E-state index in [1.54, 1.807) is 30.3 Å². The molecule has 0 spiro atoms. The second kappa shape index (κ2) is 9.82. The molecule has 0 saturated carbocycles. The van der Waals surface area contributed by atoms with Crippen molar-refractivity contribution in [3.8, 4) is 0 Å². The Morgan fingerprint density at radius 3 is 2.63 bits per heavy atom. The SMILES string of the molecule is CCCCOC(=O)c1ccc(NC(=O)CCn2cnc3c(C)cccc3c2=O)cc1. The zero-order chi connectivity index (χ0) is 21.5. The maximum Gasteiger partial charge on any atom is 0.338 e. The Labute approximate surface area is 174 Å². The molecule has 1 aromatic heterocycles. The van der Waals surface area contributed by atoms with E-state index in [-0.39, 0.29) is 30.4 Å². The summed E-state index contributed by atoms with van der Waals surface area (Å²) in [5.41, 5.74) is 2.46. The van der Waals surface area contributed by atoms with E-state index in [1.165, 1.54) is 10.9 Å². The maximum atomic E-state index is 12.6. The van der Waals surface area contributed by atoms with Crippen LogP contribution in [-0.2, 0) is 16.1 Å². The lowest BCUT2D eigenvalue weighted by atomic mass is 10.1. The molecular weight excluding hydrogens is 382 g/mol. The largest absolute Gasteiger partial charge is 0.462 e. The molecule has 0 atom stereocenters. The summed E-state index contributed by atoms with van der Waals surface area (Å²) in [6.45, 7) is 4.56. The molecule has 1 N–H and O–H groups in total. The number of carbonyl (C=O) groups is 2. The summed E-state index contributed by atoms with van der Waals surface area (Å²) >= 11 is 0. The number of aromatic nitrogens is 2. The van der Waals surface area contributed by atoms with Crippen molar-refractivity contribution in [3.05, 3.63) is 70.3 Å². The fourth-order valence-corrected chi connectivity index (χ4v) is 3.02. The van der Waals surface area contributed by atoms with E-state index in [2.05, 4.69) is 10.3 Å². The zero-order valence-corrected chi connectivity index (χ0v) is 17.2. The Morgan fingerprint density at radius 1 is 1.13 bits per heavy atom. The maximum absolute atomic E-state index is 12.6. The number of fused-ring (bicyclic) bond motifs is 1. The molecule has 7 nitrogen and oxygen atoms in total. The number of carbonyl (C=O) groups excluding carboxylic acids is 2. The highest BCUT2D eigenvalue weighted by atomic mass is 16.5. The molecule has 1 amide bonds. The molecule has 2 aromatic carbocycles. The van der Waals surface area contributed by atoms with E-state index >= 15 is 0 Å². The van der Waals surface area contributed by atoms with Crippen LogP contribution in [0.3, 0.4) is 0 Å². The van der Waals surface area contributed by atoms with Crippen LogP contribution >= 0.6 is 0 Å². The molecule has 0 saturated heterocycles. The molecule has 7 heteroatoms. The average molecular weight is 407 g/mol. The van der Waals surface area contributed by atoms with Gasteiger partial charge in [0.15, 0.2) is 0 Å². The Kier molecular flexibility index (Phi) is 6.95. The number of nitrogens with zero attached hydrogens (tertiary/aromatic N) is 2. The number of amides is 1. The van der Waals surface area contributed by atoms with Crippen LogP contribution < -0.4 is 10.9 Å². The van der Waals surface area contributed by atoms with Crippen molar-refractivity contribution in [2.45, 2.75) is 39.7 Å². The van der Waals surface area contributed by atoms with Crippen LogP contribution in [-0.4, -0.2) is 28.0 Å². The third kappa shape index (κ3) is 5.11. The lowest BCUT2D eigenvalue weighted by Crippen LogP contribution is -2.23. The van der Waals surface area contributed by atoms with Crippen LogP contribution in [0.2, 0.25) is 0 Å². The first kappa shape index (κ1) is 21.2. The number of aryl methyl sites for hydroxylation is 2. The van der Waals surface area contributed by atoms with Crippen molar-refractivity contribution in [2.75, 3.05) is 11.9 Å². The highest BCUT2D eigenvalue weighted by Gasteiger charge is 2.10. The topological polar surface area (TPSA) is 90.3 Å². The number of benzene rings is 2. The highest BCUT2D eigenvalue weighted by molar-refractivity contribution is 5.93. The Balaban J connectivity index is 1.57.